The number of aryl methyl sites for hydroxylation is 1. The maximum absolute atomic E-state index is 12.5. The van der Waals surface area contributed by atoms with Gasteiger partial charge in [0.1, 0.15) is 17.7 Å². The molecule has 1 N–H and O–H groups in total. The number of hydrogen-bond acceptors (Lipinski definition) is 4. The number of thiophene rings is 1. The summed E-state index contributed by atoms with van der Waals surface area (Å²) in [7, 11) is 0. The Bertz CT molecular complexity index is 727. The summed E-state index contributed by atoms with van der Waals surface area (Å²) in [5.41, 5.74) is 4.41. The fraction of sp³-hybridized carbons (Fsp3) is 0.154. The van der Waals surface area contributed by atoms with E-state index in [-0.39, 0.29) is 5.91 Å². The highest BCUT2D eigenvalue weighted by molar-refractivity contribution is 7.15. The molecule has 1 amide bonds. The molecule has 0 fully saturated rings. The second-order valence-corrected chi connectivity index (χ2v) is 5.57. The third-order valence-corrected chi connectivity index (χ3v) is 4.30. The molecular weight excluding hydrogens is 274 g/mol. The first-order chi connectivity index (χ1) is 9.66. The van der Waals surface area contributed by atoms with E-state index in [4.69, 9.17) is 0 Å². The molecule has 0 atom stereocenters. The number of carbonyl (C=O) groups is 1. The van der Waals surface area contributed by atoms with E-state index in [0.29, 0.717) is 5.56 Å². The van der Waals surface area contributed by atoms with Crippen LogP contribution < -0.4 is 5.43 Å². The largest absolute Gasteiger partial charge is 0.315 e. The molecule has 3 aromatic rings. The lowest BCUT2D eigenvalue weighted by atomic mass is 10.1. The SMILES string of the molecule is Cc1sc(-n2cccc2)c(C(=O)Nn2cnnc2)c1C. The van der Waals surface area contributed by atoms with Crippen LogP contribution in [0.5, 0.6) is 0 Å². The first-order valence-corrected chi connectivity index (χ1v) is 6.88. The molecule has 0 unspecified atom stereocenters. The molecular formula is C13H13N5OS. The Kier molecular flexibility index (Phi) is 3.11. The molecule has 0 aliphatic rings. The molecule has 3 aromatic heterocycles. The third-order valence-electron chi connectivity index (χ3n) is 3.08. The summed E-state index contributed by atoms with van der Waals surface area (Å²) in [5, 5.41) is 8.24. The Morgan fingerprint density at radius 3 is 2.50 bits per heavy atom. The molecule has 0 radical (unpaired) electrons. The smallest absolute Gasteiger partial charge is 0.273 e. The summed E-state index contributed by atoms with van der Waals surface area (Å²) in [6.07, 6.45) is 6.75. The van der Waals surface area contributed by atoms with E-state index in [9.17, 15) is 4.79 Å². The van der Waals surface area contributed by atoms with Gasteiger partial charge in [-0.05, 0) is 31.5 Å². The van der Waals surface area contributed by atoms with Crippen molar-refractivity contribution in [1.82, 2.24) is 19.4 Å². The van der Waals surface area contributed by atoms with Gasteiger partial charge < -0.3 is 4.57 Å². The van der Waals surface area contributed by atoms with Crippen LogP contribution in [-0.2, 0) is 0 Å². The van der Waals surface area contributed by atoms with Crippen molar-refractivity contribution in [3.05, 3.63) is 53.2 Å². The first kappa shape index (κ1) is 12.6. The van der Waals surface area contributed by atoms with Crippen LogP contribution in [0.1, 0.15) is 20.8 Å². The monoisotopic (exact) mass is 287 g/mol. The van der Waals surface area contributed by atoms with Gasteiger partial charge in [0.15, 0.2) is 0 Å². The summed E-state index contributed by atoms with van der Waals surface area (Å²) in [6, 6.07) is 3.87. The Morgan fingerprint density at radius 2 is 1.85 bits per heavy atom. The zero-order chi connectivity index (χ0) is 14.1. The van der Waals surface area contributed by atoms with Crippen LogP contribution in [0.25, 0.3) is 5.00 Å². The number of nitrogens with one attached hydrogen (secondary N) is 1. The fourth-order valence-corrected chi connectivity index (χ4v) is 3.08. The molecule has 102 valence electrons. The minimum absolute atomic E-state index is 0.171. The van der Waals surface area contributed by atoms with Crippen LogP contribution in [0.4, 0.5) is 0 Å². The molecule has 6 nitrogen and oxygen atoms in total. The molecule has 3 heterocycles. The maximum Gasteiger partial charge on any atom is 0.273 e. The van der Waals surface area contributed by atoms with Gasteiger partial charge >= 0.3 is 0 Å². The van der Waals surface area contributed by atoms with Gasteiger partial charge in [-0.15, -0.1) is 21.5 Å². The average Bonchev–Trinajstić information content (AvgIpc) is 3.12. The molecule has 20 heavy (non-hydrogen) atoms. The van der Waals surface area contributed by atoms with Gasteiger partial charge in [0.25, 0.3) is 5.91 Å². The van der Waals surface area contributed by atoms with Crippen molar-refractivity contribution in [3.63, 3.8) is 0 Å². The topological polar surface area (TPSA) is 64.7 Å². The van der Waals surface area contributed by atoms with Gasteiger partial charge in [0.2, 0.25) is 0 Å². The number of nitrogens with zero attached hydrogens (tertiary/aromatic N) is 4. The predicted octanol–water partition coefficient (Wildman–Crippen LogP) is 2.13. The molecule has 0 aromatic carbocycles. The highest BCUT2D eigenvalue weighted by Gasteiger charge is 2.20. The number of hydrogen-bond donors (Lipinski definition) is 1. The Balaban J connectivity index is 2.02. The second-order valence-electron chi connectivity index (χ2n) is 4.36. The number of aromatic nitrogens is 4. The van der Waals surface area contributed by atoms with Crippen LogP contribution >= 0.6 is 11.3 Å². The normalized spacial score (nSPS) is 10.7. The van der Waals surface area contributed by atoms with Gasteiger partial charge in [-0.25, -0.2) is 4.68 Å². The van der Waals surface area contributed by atoms with E-state index in [1.165, 1.54) is 17.3 Å². The summed E-state index contributed by atoms with van der Waals surface area (Å²) >= 11 is 1.60. The summed E-state index contributed by atoms with van der Waals surface area (Å²) in [6.45, 7) is 3.97. The van der Waals surface area contributed by atoms with Crippen molar-refractivity contribution in [2.45, 2.75) is 13.8 Å². The summed E-state index contributed by atoms with van der Waals surface area (Å²) < 4.78 is 3.39. The van der Waals surface area contributed by atoms with Crippen molar-refractivity contribution < 1.29 is 4.79 Å². The van der Waals surface area contributed by atoms with Crippen LogP contribution in [-0.4, -0.2) is 25.3 Å². The molecule has 0 saturated carbocycles. The van der Waals surface area contributed by atoms with Crippen molar-refractivity contribution in [2.24, 2.45) is 0 Å². The van der Waals surface area contributed by atoms with Crippen molar-refractivity contribution in [3.8, 4) is 5.00 Å². The summed E-state index contributed by atoms with van der Waals surface area (Å²) in [5.74, 6) is -0.171. The van der Waals surface area contributed by atoms with E-state index < -0.39 is 0 Å². The van der Waals surface area contributed by atoms with E-state index in [1.807, 2.05) is 42.9 Å². The second kappa shape index (κ2) is 4.93. The van der Waals surface area contributed by atoms with Crippen LogP contribution in [0.2, 0.25) is 0 Å². The lowest BCUT2D eigenvalue weighted by Gasteiger charge is -2.08. The molecule has 3 rings (SSSR count). The average molecular weight is 287 g/mol. The van der Waals surface area contributed by atoms with Gasteiger partial charge in [-0.1, -0.05) is 0 Å². The standard InChI is InChI=1S/C13H13N5OS/c1-9-10(2)20-13(17-5-3-4-6-17)11(9)12(19)16-18-7-14-15-8-18/h3-8H,1-2H3,(H,16,19). The highest BCUT2D eigenvalue weighted by Crippen LogP contribution is 2.30. The first-order valence-electron chi connectivity index (χ1n) is 6.06. The Labute approximate surface area is 119 Å². The minimum Gasteiger partial charge on any atom is -0.315 e. The molecule has 0 aliphatic heterocycles. The molecule has 7 heteroatoms. The van der Waals surface area contributed by atoms with Gasteiger partial charge in [0, 0.05) is 17.3 Å². The minimum atomic E-state index is -0.171. The Hall–Kier alpha value is -2.41. The molecule has 0 aliphatic carbocycles. The Morgan fingerprint density at radius 1 is 1.20 bits per heavy atom. The van der Waals surface area contributed by atoms with E-state index in [1.54, 1.807) is 11.3 Å². The molecule has 0 bridgehead atoms. The quantitative estimate of drug-likeness (QED) is 0.802. The van der Waals surface area contributed by atoms with E-state index in [2.05, 4.69) is 15.6 Å². The lowest BCUT2D eigenvalue weighted by Crippen LogP contribution is -2.22. The van der Waals surface area contributed by atoms with Crippen LogP contribution in [0, 0.1) is 13.8 Å². The zero-order valence-corrected chi connectivity index (χ0v) is 11.9. The maximum atomic E-state index is 12.5. The fourth-order valence-electron chi connectivity index (χ4n) is 1.96. The predicted molar refractivity (Wildman–Crippen MR) is 76.8 cm³/mol. The number of rotatable bonds is 3. The molecule has 0 spiro atoms. The number of carbonyl (C=O) groups excluding carboxylic acids is 1. The highest BCUT2D eigenvalue weighted by atomic mass is 32.1. The van der Waals surface area contributed by atoms with Gasteiger partial charge in [-0.3, -0.25) is 10.2 Å². The summed E-state index contributed by atoms with van der Waals surface area (Å²) in [4.78, 5) is 13.6. The van der Waals surface area contributed by atoms with Gasteiger partial charge in [0.05, 0.1) is 5.56 Å². The van der Waals surface area contributed by atoms with E-state index >= 15 is 0 Å². The molecule has 0 saturated heterocycles. The zero-order valence-electron chi connectivity index (χ0n) is 11.1. The number of amides is 1. The van der Waals surface area contributed by atoms with Crippen molar-refractivity contribution in [1.29, 1.82) is 0 Å². The van der Waals surface area contributed by atoms with Crippen LogP contribution in [0.15, 0.2) is 37.2 Å². The van der Waals surface area contributed by atoms with Crippen molar-refractivity contribution in [2.75, 3.05) is 5.43 Å². The third kappa shape index (κ3) is 2.12. The van der Waals surface area contributed by atoms with Crippen molar-refractivity contribution >= 4 is 17.2 Å². The lowest BCUT2D eigenvalue weighted by molar-refractivity contribution is 0.101. The van der Waals surface area contributed by atoms with Crippen LogP contribution in [0.3, 0.4) is 0 Å². The van der Waals surface area contributed by atoms with E-state index in [0.717, 1.165) is 15.4 Å². The van der Waals surface area contributed by atoms with Gasteiger partial charge in [-0.2, -0.15) is 0 Å².